The molecule has 0 spiro atoms. The van der Waals surface area contributed by atoms with E-state index in [2.05, 4.69) is 15.6 Å². The molecular formula is C18H19F4N3O. The highest BCUT2D eigenvalue weighted by Gasteiger charge is 2.32. The van der Waals surface area contributed by atoms with Crippen LogP contribution in [0.3, 0.4) is 0 Å². The number of rotatable bonds is 7. The molecule has 0 saturated heterocycles. The fourth-order valence-corrected chi connectivity index (χ4v) is 2.27. The molecule has 8 heteroatoms. The Hall–Kier alpha value is -2.64. The van der Waals surface area contributed by atoms with Crippen molar-refractivity contribution in [2.24, 2.45) is 5.92 Å². The zero-order valence-corrected chi connectivity index (χ0v) is 14.1. The van der Waals surface area contributed by atoms with Crippen LogP contribution in [0.4, 0.5) is 28.9 Å². The predicted molar refractivity (Wildman–Crippen MR) is 91.2 cm³/mol. The fourth-order valence-electron chi connectivity index (χ4n) is 2.27. The van der Waals surface area contributed by atoms with Gasteiger partial charge in [-0.2, -0.15) is 13.2 Å². The van der Waals surface area contributed by atoms with Crippen molar-refractivity contribution in [1.29, 1.82) is 0 Å². The largest absolute Gasteiger partial charge is 0.433 e. The average Bonchev–Trinajstić information content (AvgIpc) is 2.60. The van der Waals surface area contributed by atoms with Gasteiger partial charge in [-0.15, -0.1) is 0 Å². The van der Waals surface area contributed by atoms with Gasteiger partial charge in [-0.25, -0.2) is 4.39 Å². The number of alkyl halides is 3. The first-order valence-electron chi connectivity index (χ1n) is 8.09. The summed E-state index contributed by atoms with van der Waals surface area (Å²) in [6.45, 7) is 2.18. The number of hydrogen-bond acceptors (Lipinski definition) is 3. The van der Waals surface area contributed by atoms with Gasteiger partial charge in [-0.05, 0) is 49.2 Å². The van der Waals surface area contributed by atoms with E-state index in [1.54, 1.807) is 6.92 Å². The highest BCUT2D eigenvalue weighted by molar-refractivity contribution is 5.92. The Labute approximate surface area is 148 Å². The highest BCUT2D eigenvalue weighted by atomic mass is 19.4. The van der Waals surface area contributed by atoms with Gasteiger partial charge >= 0.3 is 6.18 Å². The third-order valence-corrected chi connectivity index (χ3v) is 3.75. The Bertz CT molecular complexity index is 732. The summed E-state index contributed by atoms with van der Waals surface area (Å²) in [5, 5.41) is 5.59. The molecule has 1 unspecified atom stereocenters. The number of carbonyl (C=O) groups excluding carboxylic acids is 1. The fraction of sp³-hybridized carbons (Fsp3) is 0.333. The van der Waals surface area contributed by atoms with Gasteiger partial charge in [0.2, 0.25) is 5.91 Å². The van der Waals surface area contributed by atoms with Gasteiger partial charge in [0, 0.05) is 30.0 Å². The summed E-state index contributed by atoms with van der Waals surface area (Å²) in [4.78, 5) is 15.4. The lowest BCUT2D eigenvalue weighted by molar-refractivity contribution is -0.141. The normalized spacial score (nSPS) is 12.5. The maximum absolute atomic E-state index is 12.8. The van der Waals surface area contributed by atoms with Crippen LogP contribution in [0, 0.1) is 11.7 Å². The molecule has 1 atom stereocenters. The smallest absolute Gasteiger partial charge is 0.385 e. The molecule has 2 N–H and O–H groups in total. The van der Waals surface area contributed by atoms with Crippen LogP contribution < -0.4 is 10.6 Å². The van der Waals surface area contributed by atoms with E-state index in [4.69, 9.17) is 0 Å². The number of nitrogens with one attached hydrogen (secondary N) is 2. The molecular weight excluding hydrogens is 350 g/mol. The molecule has 0 aliphatic rings. The topological polar surface area (TPSA) is 54.0 Å². The maximum atomic E-state index is 12.8. The average molecular weight is 369 g/mol. The monoisotopic (exact) mass is 369 g/mol. The Morgan fingerprint density at radius 3 is 2.50 bits per heavy atom. The Morgan fingerprint density at radius 2 is 1.85 bits per heavy atom. The molecule has 1 heterocycles. The first kappa shape index (κ1) is 19.7. The summed E-state index contributed by atoms with van der Waals surface area (Å²) in [6.07, 6.45) is -2.23. The van der Waals surface area contributed by atoms with Crippen LogP contribution in [0.2, 0.25) is 0 Å². The van der Waals surface area contributed by atoms with Crippen molar-refractivity contribution in [3.8, 4) is 0 Å². The van der Waals surface area contributed by atoms with E-state index in [1.807, 2.05) is 0 Å². The summed E-state index contributed by atoms with van der Waals surface area (Å²) in [6, 6.07) is 7.87. The van der Waals surface area contributed by atoms with Crippen LogP contribution in [0.1, 0.15) is 25.5 Å². The van der Waals surface area contributed by atoms with E-state index in [0.717, 1.165) is 12.3 Å². The molecule has 0 aliphatic heterocycles. The molecule has 0 aliphatic carbocycles. The van der Waals surface area contributed by atoms with E-state index in [1.165, 1.54) is 30.3 Å². The molecule has 2 rings (SSSR count). The minimum Gasteiger partial charge on any atom is -0.385 e. The molecule has 0 bridgehead atoms. The number of pyridine rings is 1. The standard InChI is InChI=1S/C18H19F4N3O/c1-12(17(26)25-14-6-4-13(19)5-7-14)3-2-9-23-15-8-10-24-16(11-15)18(20,21)22/h4-8,10-12H,2-3,9H2,1H3,(H,23,24)(H,25,26). The molecule has 2 aromatic rings. The molecule has 0 saturated carbocycles. The maximum Gasteiger partial charge on any atom is 0.433 e. The van der Waals surface area contributed by atoms with Gasteiger partial charge in [0.25, 0.3) is 0 Å². The van der Waals surface area contributed by atoms with Gasteiger partial charge in [0.15, 0.2) is 0 Å². The molecule has 0 radical (unpaired) electrons. The molecule has 1 amide bonds. The summed E-state index contributed by atoms with van der Waals surface area (Å²) in [5.41, 5.74) is -0.108. The molecule has 26 heavy (non-hydrogen) atoms. The van der Waals surface area contributed by atoms with Crippen LogP contribution in [-0.2, 0) is 11.0 Å². The number of hydrogen-bond donors (Lipinski definition) is 2. The lowest BCUT2D eigenvalue weighted by atomic mass is 10.0. The summed E-state index contributed by atoms with van der Waals surface area (Å²) in [5.74, 6) is -0.864. The lowest BCUT2D eigenvalue weighted by Crippen LogP contribution is -2.21. The van der Waals surface area contributed by atoms with Crippen molar-refractivity contribution in [3.63, 3.8) is 0 Å². The minimum atomic E-state index is -4.48. The zero-order chi connectivity index (χ0) is 19.2. The first-order valence-corrected chi connectivity index (χ1v) is 8.09. The third-order valence-electron chi connectivity index (χ3n) is 3.75. The number of carbonyl (C=O) groups is 1. The van der Waals surface area contributed by atoms with Gasteiger partial charge in [0.1, 0.15) is 11.5 Å². The van der Waals surface area contributed by atoms with Crippen molar-refractivity contribution < 1.29 is 22.4 Å². The van der Waals surface area contributed by atoms with E-state index < -0.39 is 11.9 Å². The summed E-state index contributed by atoms with van der Waals surface area (Å²) < 4.78 is 50.6. The first-order chi connectivity index (χ1) is 12.3. The molecule has 4 nitrogen and oxygen atoms in total. The minimum absolute atomic E-state index is 0.195. The van der Waals surface area contributed by atoms with E-state index in [9.17, 15) is 22.4 Å². The molecule has 0 fully saturated rings. The van der Waals surface area contributed by atoms with Gasteiger partial charge in [-0.1, -0.05) is 6.92 Å². The van der Waals surface area contributed by atoms with Crippen LogP contribution in [-0.4, -0.2) is 17.4 Å². The Morgan fingerprint density at radius 1 is 1.15 bits per heavy atom. The molecule has 140 valence electrons. The Kier molecular flexibility index (Phi) is 6.54. The van der Waals surface area contributed by atoms with Gasteiger partial charge < -0.3 is 10.6 Å². The summed E-state index contributed by atoms with van der Waals surface area (Å²) in [7, 11) is 0. The van der Waals surface area contributed by atoms with Crippen molar-refractivity contribution in [2.75, 3.05) is 17.2 Å². The van der Waals surface area contributed by atoms with Gasteiger partial charge in [-0.3, -0.25) is 9.78 Å². The lowest BCUT2D eigenvalue weighted by Gasteiger charge is -2.13. The van der Waals surface area contributed by atoms with Crippen molar-refractivity contribution in [3.05, 3.63) is 54.1 Å². The number of anilines is 2. The van der Waals surface area contributed by atoms with E-state index >= 15 is 0 Å². The highest BCUT2D eigenvalue weighted by Crippen LogP contribution is 2.28. The second kappa shape index (κ2) is 8.64. The number of halogens is 4. The second-order valence-corrected chi connectivity index (χ2v) is 5.89. The number of aromatic nitrogens is 1. The Balaban J connectivity index is 1.75. The van der Waals surface area contributed by atoms with Crippen LogP contribution >= 0.6 is 0 Å². The third kappa shape index (κ3) is 6.02. The van der Waals surface area contributed by atoms with Crippen molar-refractivity contribution in [2.45, 2.75) is 25.9 Å². The van der Waals surface area contributed by atoms with E-state index in [-0.39, 0.29) is 17.6 Å². The number of nitrogens with zero attached hydrogens (tertiary/aromatic N) is 1. The number of amides is 1. The second-order valence-electron chi connectivity index (χ2n) is 5.89. The quantitative estimate of drug-likeness (QED) is 0.549. The van der Waals surface area contributed by atoms with Crippen molar-refractivity contribution >= 4 is 17.3 Å². The van der Waals surface area contributed by atoms with Gasteiger partial charge in [0.05, 0.1) is 0 Å². The van der Waals surface area contributed by atoms with Crippen LogP contribution in [0.5, 0.6) is 0 Å². The summed E-state index contributed by atoms with van der Waals surface area (Å²) >= 11 is 0. The number of benzene rings is 1. The predicted octanol–water partition coefficient (Wildman–Crippen LogP) is 4.71. The molecule has 1 aromatic carbocycles. The van der Waals surface area contributed by atoms with Crippen LogP contribution in [0.25, 0.3) is 0 Å². The zero-order valence-electron chi connectivity index (χ0n) is 14.1. The van der Waals surface area contributed by atoms with E-state index in [0.29, 0.717) is 30.8 Å². The molecule has 1 aromatic heterocycles. The van der Waals surface area contributed by atoms with Crippen LogP contribution in [0.15, 0.2) is 42.6 Å². The van der Waals surface area contributed by atoms with Crippen molar-refractivity contribution in [1.82, 2.24) is 4.98 Å². The SMILES string of the molecule is CC(CCCNc1ccnc(C(F)(F)F)c1)C(=O)Nc1ccc(F)cc1.